The smallest absolute Gasteiger partial charge is 0.313 e. The molecular formula is C12H8BrCl2N3O3. The summed E-state index contributed by atoms with van der Waals surface area (Å²) >= 11 is 14.8. The van der Waals surface area contributed by atoms with Crippen LogP contribution in [0.5, 0.6) is 5.75 Å². The summed E-state index contributed by atoms with van der Waals surface area (Å²) in [5, 5.41) is 11.6. The average molecular weight is 393 g/mol. The number of nitro benzene ring substituents is 1. The number of rotatable bonds is 4. The number of aryl methyl sites for hydroxylation is 1. The number of nitrogens with zero attached hydrogens (tertiary/aromatic N) is 3. The predicted molar refractivity (Wildman–Crippen MR) is 81.9 cm³/mol. The Kier molecular flexibility index (Phi) is 4.97. The summed E-state index contributed by atoms with van der Waals surface area (Å²) in [5.41, 5.74) is 0.436. The van der Waals surface area contributed by atoms with Crippen molar-refractivity contribution in [3.8, 4) is 5.75 Å². The summed E-state index contributed by atoms with van der Waals surface area (Å²) in [5.74, 6) is 0.391. The van der Waals surface area contributed by atoms with E-state index >= 15 is 0 Å². The van der Waals surface area contributed by atoms with Gasteiger partial charge in [-0.2, -0.15) is 0 Å². The molecule has 1 heterocycles. The highest BCUT2D eigenvalue weighted by Gasteiger charge is 2.20. The second-order valence-electron chi connectivity index (χ2n) is 4.03. The van der Waals surface area contributed by atoms with E-state index < -0.39 is 4.92 Å². The van der Waals surface area contributed by atoms with Crippen LogP contribution in [0.25, 0.3) is 0 Å². The molecule has 0 atom stereocenters. The first kappa shape index (κ1) is 15.9. The number of hydrogen-bond donors (Lipinski definition) is 0. The van der Waals surface area contributed by atoms with E-state index in [-0.39, 0.29) is 28.2 Å². The Hall–Kier alpha value is -1.44. The molecule has 0 spiro atoms. The molecule has 2 aromatic rings. The molecule has 0 amide bonds. The van der Waals surface area contributed by atoms with E-state index in [1.165, 1.54) is 12.1 Å². The summed E-state index contributed by atoms with van der Waals surface area (Å²) in [4.78, 5) is 18.6. The van der Waals surface area contributed by atoms with Crippen molar-refractivity contribution in [3.05, 3.63) is 54.5 Å². The number of hydrogen-bond acceptors (Lipinski definition) is 5. The lowest BCUT2D eigenvalue weighted by Crippen LogP contribution is -2.05. The molecule has 0 N–H and O–H groups in total. The minimum atomic E-state index is -0.573. The summed E-state index contributed by atoms with van der Waals surface area (Å²) in [6.45, 7) is 1.71. The van der Waals surface area contributed by atoms with Gasteiger partial charge >= 0.3 is 5.69 Å². The van der Waals surface area contributed by atoms with E-state index in [0.29, 0.717) is 16.0 Å². The minimum Gasteiger partial charge on any atom is -0.478 e. The van der Waals surface area contributed by atoms with Crippen molar-refractivity contribution >= 4 is 44.8 Å². The fraction of sp³-hybridized carbons (Fsp3) is 0.167. The lowest BCUT2D eigenvalue weighted by Gasteiger charge is -2.09. The third kappa shape index (κ3) is 4.03. The molecule has 2 rings (SSSR count). The average Bonchev–Trinajstić information content (AvgIpc) is 2.35. The fourth-order valence-electron chi connectivity index (χ4n) is 1.62. The van der Waals surface area contributed by atoms with Crippen molar-refractivity contribution in [3.63, 3.8) is 0 Å². The van der Waals surface area contributed by atoms with Crippen molar-refractivity contribution < 1.29 is 9.66 Å². The van der Waals surface area contributed by atoms with Gasteiger partial charge in [-0.15, -0.1) is 0 Å². The van der Waals surface area contributed by atoms with Gasteiger partial charge in [0.05, 0.1) is 9.40 Å². The normalized spacial score (nSPS) is 10.5. The summed E-state index contributed by atoms with van der Waals surface area (Å²) in [6, 6.07) is 4.32. The van der Waals surface area contributed by atoms with Crippen molar-refractivity contribution in [2.24, 2.45) is 0 Å². The van der Waals surface area contributed by atoms with Gasteiger partial charge in [0.1, 0.15) is 11.8 Å². The molecule has 0 fully saturated rings. The molecule has 0 aliphatic carbocycles. The first-order valence-corrected chi connectivity index (χ1v) is 7.18. The third-order valence-electron chi connectivity index (χ3n) is 2.40. The van der Waals surface area contributed by atoms with Crippen molar-refractivity contribution in [1.82, 2.24) is 9.97 Å². The fourth-order valence-corrected chi connectivity index (χ4v) is 2.78. The molecule has 9 heteroatoms. The predicted octanol–water partition coefficient (Wildman–Crippen LogP) is 4.34. The quantitative estimate of drug-likeness (QED) is 0.439. The Balaban J connectivity index is 2.29. The molecule has 0 bridgehead atoms. The Labute approximate surface area is 138 Å². The van der Waals surface area contributed by atoms with Gasteiger partial charge in [0.25, 0.3) is 0 Å². The van der Waals surface area contributed by atoms with Crippen LogP contribution >= 0.6 is 39.1 Å². The largest absolute Gasteiger partial charge is 0.478 e. The van der Waals surface area contributed by atoms with Gasteiger partial charge in [0, 0.05) is 16.8 Å². The lowest BCUT2D eigenvalue weighted by molar-refractivity contribution is -0.386. The first-order valence-electron chi connectivity index (χ1n) is 5.63. The summed E-state index contributed by atoms with van der Waals surface area (Å²) in [6.07, 6.45) is 0. The summed E-state index contributed by atoms with van der Waals surface area (Å²) < 4.78 is 5.82. The summed E-state index contributed by atoms with van der Waals surface area (Å²) in [7, 11) is 0. The van der Waals surface area contributed by atoms with Crippen molar-refractivity contribution in [2.45, 2.75) is 13.5 Å². The Bertz CT molecular complexity index is 692. The maximum atomic E-state index is 11.0. The van der Waals surface area contributed by atoms with Crippen LogP contribution in [0.15, 0.2) is 22.7 Å². The monoisotopic (exact) mass is 391 g/mol. The number of nitro groups is 1. The molecule has 0 unspecified atom stereocenters. The van der Waals surface area contributed by atoms with E-state index in [1.54, 1.807) is 13.0 Å². The molecule has 1 aromatic heterocycles. The molecule has 0 radical (unpaired) electrons. The van der Waals surface area contributed by atoms with Crippen LogP contribution in [0.4, 0.5) is 5.69 Å². The highest BCUT2D eigenvalue weighted by atomic mass is 79.9. The lowest BCUT2D eigenvalue weighted by atomic mass is 10.3. The number of halogens is 3. The standard InChI is InChI=1S/C12H8BrCl2N3O3/c1-6-2-10(15)17-11(16-6)5-21-12-8(13)3-7(14)4-9(12)18(19)20/h2-4H,5H2,1H3. The zero-order valence-electron chi connectivity index (χ0n) is 10.6. The minimum absolute atomic E-state index is 0.0531. The van der Waals surface area contributed by atoms with Gasteiger partial charge in [-0.25, -0.2) is 9.97 Å². The molecule has 0 saturated heterocycles. The molecule has 0 saturated carbocycles. The van der Waals surface area contributed by atoms with Gasteiger partial charge in [-0.05, 0) is 35.0 Å². The van der Waals surface area contributed by atoms with Crippen LogP contribution in [0, 0.1) is 17.0 Å². The highest BCUT2D eigenvalue weighted by Crippen LogP contribution is 2.38. The van der Waals surface area contributed by atoms with Gasteiger partial charge in [-0.1, -0.05) is 23.2 Å². The molecule has 1 aromatic carbocycles. The number of ether oxygens (including phenoxy) is 1. The van der Waals surface area contributed by atoms with Crippen LogP contribution in [0.1, 0.15) is 11.5 Å². The van der Waals surface area contributed by atoms with E-state index in [4.69, 9.17) is 27.9 Å². The van der Waals surface area contributed by atoms with E-state index in [9.17, 15) is 10.1 Å². The van der Waals surface area contributed by atoms with Crippen molar-refractivity contribution in [1.29, 1.82) is 0 Å². The first-order chi connectivity index (χ1) is 9.86. The van der Waals surface area contributed by atoms with E-state index in [2.05, 4.69) is 25.9 Å². The van der Waals surface area contributed by atoms with E-state index in [0.717, 1.165) is 0 Å². The maximum Gasteiger partial charge on any atom is 0.313 e. The second kappa shape index (κ2) is 6.55. The van der Waals surface area contributed by atoms with Gasteiger partial charge in [0.2, 0.25) is 5.75 Å². The Morgan fingerprint density at radius 3 is 2.67 bits per heavy atom. The number of aromatic nitrogens is 2. The van der Waals surface area contributed by atoms with Crippen LogP contribution in [0.3, 0.4) is 0 Å². The molecule has 0 aliphatic heterocycles. The molecule has 6 nitrogen and oxygen atoms in total. The van der Waals surface area contributed by atoms with Gasteiger partial charge < -0.3 is 4.74 Å². The molecule has 0 aliphatic rings. The van der Waals surface area contributed by atoms with Crippen LogP contribution in [-0.4, -0.2) is 14.9 Å². The number of benzene rings is 1. The zero-order chi connectivity index (χ0) is 15.6. The molecule has 21 heavy (non-hydrogen) atoms. The van der Waals surface area contributed by atoms with Crippen LogP contribution in [-0.2, 0) is 6.61 Å². The Morgan fingerprint density at radius 2 is 2.05 bits per heavy atom. The van der Waals surface area contributed by atoms with Crippen LogP contribution < -0.4 is 4.74 Å². The zero-order valence-corrected chi connectivity index (χ0v) is 13.7. The third-order valence-corrected chi connectivity index (χ3v) is 3.40. The Morgan fingerprint density at radius 1 is 1.33 bits per heavy atom. The topological polar surface area (TPSA) is 78.2 Å². The maximum absolute atomic E-state index is 11.0. The van der Waals surface area contributed by atoms with Gasteiger partial charge in [0.15, 0.2) is 5.82 Å². The van der Waals surface area contributed by atoms with Crippen molar-refractivity contribution in [2.75, 3.05) is 0 Å². The second-order valence-corrected chi connectivity index (χ2v) is 5.71. The highest BCUT2D eigenvalue weighted by molar-refractivity contribution is 9.10. The van der Waals surface area contributed by atoms with Crippen LogP contribution in [0.2, 0.25) is 10.2 Å². The molecule has 110 valence electrons. The SMILES string of the molecule is Cc1cc(Cl)nc(COc2c(Br)cc(Cl)cc2[N+](=O)[O-])n1. The molecular weight excluding hydrogens is 385 g/mol. The van der Waals surface area contributed by atoms with Gasteiger partial charge in [-0.3, -0.25) is 10.1 Å². The van der Waals surface area contributed by atoms with E-state index in [1.807, 2.05) is 0 Å².